The number of ether oxygens (including phenoxy) is 2. The van der Waals surface area contributed by atoms with Crippen LogP contribution in [0.5, 0.6) is 5.75 Å². The lowest BCUT2D eigenvalue weighted by Gasteiger charge is -2.32. The smallest absolute Gasteiger partial charge is 0.309 e. The Morgan fingerprint density at radius 2 is 1.56 bits per heavy atom. The second-order valence-electron chi connectivity index (χ2n) is 10.3. The number of benzene rings is 2. The van der Waals surface area contributed by atoms with Gasteiger partial charge in [0.1, 0.15) is 6.10 Å². The second kappa shape index (κ2) is 12.5. The maximum absolute atomic E-state index is 14.7. The fraction of sp³-hybridized carbons (Fsp3) is 0.516. The Balaban J connectivity index is 1.24. The maximum Gasteiger partial charge on any atom is 0.309 e. The highest BCUT2D eigenvalue weighted by molar-refractivity contribution is 5.72. The van der Waals surface area contributed by atoms with Gasteiger partial charge in [0, 0.05) is 0 Å². The number of carbonyl (C=O) groups excluding carboxylic acids is 1. The van der Waals surface area contributed by atoms with Crippen LogP contribution in [0.4, 0.5) is 8.78 Å². The van der Waals surface area contributed by atoms with Crippen LogP contribution in [0.1, 0.15) is 100 Å². The van der Waals surface area contributed by atoms with Crippen molar-refractivity contribution in [2.24, 2.45) is 5.92 Å². The van der Waals surface area contributed by atoms with E-state index in [1.54, 1.807) is 19.1 Å². The van der Waals surface area contributed by atoms with Gasteiger partial charge in [-0.25, -0.2) is 4.39 Å². The van der Waals surface area contributed by atoms with Crippen molar-refractivity contribution in [1.82, 2.24) is 0 Å². The Morgan fingerprint density at radius 1 is 0.889 bits per heavy atom. The van der Waals surface area contributed by atoms with E-state index in [2.05, 4.69) is 31.2 Å². The normalized spacial score (nSPS) is 24.6. The number of rotatable bonds is 8. The number of halogens is 2. The third kappa shape index (κ3) is 6.35. The predicted molar refractivity (Wildman–Crippen MR) is 138 cm³/mol. The summed E-state index contributed by atoms with van der Waals surface area (Å²) in [5.74, 6) is -1.58. The Morgan fingerprint density at radius 3 is 2.19 bits per heavy atom. The third-order valence-electron chi connectivity index (χ3n) is 7.86. The largest absolute Gasteiger partial charge is 0.462 e. The van der Waals surface area contributed by atoms with E-state index in [1.165, 1.54) is 23.5 Å². The molecule has 2 saturated carbocycles. The zero-order valence-corrected chi connectivity index (χ0v) is 21.5. The fourth-order valence-corrected chi connectivity index (χ4v) is 5.75. The summed E-state index contributed by atoms with van der Waals surface area (Å²) >= 11 is 0. The predicted octanol–water partition coefficient (Wildman–Crippen LogP) is 8.37. The molecule has 2 aromatic carbocycles. The van der Waals surface area contributed by atoms with Crippen LogP contribution < -0.4 is 4.74 Å². The van der Waals surface area contributed by atoms with E-state index >= 15 is 0 Å². The Bertz CT molecular complexity index is 1030. The zero-order chi connectivity index (χ0) is 25.5. The van der Waals surface area contributed by atoms with Crippen molar-refractivity contribution in [2.45, 2.75) is 96.0 Å². The minimum Gasteiger partial charge on any atom is -0.462 e. The molecule has 0 bridgehead atoms. The average Bonchev–Trinajstić information content (AvgIpc) is 2.91. The molecule has 2 fully saturated rings. The summed E-state index contributed by atoms with van der Waals surface area (Å²) in [7, 11) is 0. The summed E-state index contributed by atoms with van der Waals surface area (Å²) in [6, 6.07) is 12.1. The van der Waals surface area contributed by atoms with Gasteiger partial charge < -0.3 is 9.47 Å². The molecule has 0 spiro atoms. The Kier molecular flexibility index (Phi) is 9.17. The van der Waals surface area contributed by atoms with Crippen molar-refractivity contribution in [2.75, 3.05) is 0 Å². The highest BCUT2D eigenvalue weighted by Gasteiger charge is 2.32. The first-order chi connectivity index (χ1) is 17.5. The lowest BCUT2D eigenvalue weighted by Crippen LogP contribution is -2.29. The topological polar surface area (TPSA) is 35.5 Å². The van der Waals surface area contributed by atoms with Crippen LogP contribution in [0.2, 0.25) is 0 Å². The summed E-state index contributed by atoms with van der Waals surface area (Å²) in [4.78, 5) is 12.8. The molecule has 194 valence electrons. The molecule has 2 aliphatic carbocycles. The number of carbonyl (C=O) groups is 1. The molecule has 0 saturated heterocycles. The summed E-state index contributed by atoms with van der Waals surface area (Å²) < 4.78 is 40.0. The monoisotopic (exact) mass is 496 g/mol. The molecule has 0 radical (unpaired) electrons. The fourth-order valence-electron chi connectivity index (χ4n) is 5.75. The van der Waals surface area contributed by atoms with Crippen LogP contribution in [-0.2, 0) is 16.0 Å². The van der Waals surface area contributed by atoms with E-state index in [0.29, 0.717) is 37.2 Å². The lowest BCUT2D eigenvalue weighted by atomic mass is 9.78. The van der Waals surface area contributed by atoms with E-state index in [-0.39, 0.29) is 29.7 Å². The minimum atomic E-state index is -0.952. The number of esters is 1. The van der Waals surface area contributed by atoms with Crippen molar-refractivity contribution in [3.8, 4) is 5.75 Å². The molecule has 2 aliphatic rings. The summed E-state index contributed by atoms with van der Waals surface area (Å²) in [5.41, 5.74) is 3.15. The van der Waals surface area contributed by atoms with Crippen LogP contribution in [0.15, 0.2) is 48.7 Å². The molecule has 0 amide bonds. The summed E-state index contributed by atoms with van der Waals surface area (Å²) in [6.07, 6.45) is 11.5. The van der Waals surface area contributed by atoms with Gasteiger partial charge in [-0.1, -0.05) is 49.8 Å². The Hall–Kier alpha value is -2.69. The van der Waals surface area contributed by atoms with E-state index in [9.17, 15) is 13.6 Å². The molecule has 3 nitrogen and oxygen atoms in total. The molecule has 0 aromatic heterocycles. The molecular formula is C31H38F2O3. The summed E-state index contributed by atoms with van der Waals surface area (Å²) in [6.45, 7) is 3.94. The number of aryl methyl sites for hydroxylation is 1. The molecule has 0 N–H and O–H groups in total. The molecule has 36 heavy (non-hydrogen) atoms. The van der Waals surface area contributed by atoms with Crippen molar-refractivity contribution in [3.63, 3.8) is 0 Å². The van der Waals surface area contributed by atoms with Gasteiger partial charge in [0.15, 0.2) is 11.6 Å². The molecule has 0 heterocycles. The van der Waals surface area contributed by atoms with Gasteiger partial charge in [0.05, 0.1) is 12.2 Å². The van der Waals surface area contributed by atoms with E-state index in [1.807, 2.05) is 0 Å². The standard InChI is InChI=1S/C31H38F2O3/c1-3-5-21-6-8-22(9-7-21)23-10-12-25(13-11-23)31(34)36-26-16-14-24(15-17-26)27-18-19-28(35-20-4-2)30(33)29(27)32/h4,6-9,18-20,23-26H,3,5,10-17H2,1-2H3. The van der Waals surface area contributed by atoms with Crippen molar-refractivity contribution >= 4 is 5.97 Å². The van der Waals surface area contributed by atoms with Gasteiger partial charge in [-0.05, 0) is 99.3 Å². The molecule has 2 aromatic rings. The van der Waals surface area contributed by atoms with Gasteiger partial charge in [0.25, 0.3) is 0 Å². The quantitative estimate of drug-likeness (QED) is 0.272. The van der Waals surface area contributed by atoms with E-state index in [0.717, 1.165) is 38.5 Å². The first kappa shape index (κ1) is 26.4. The second-order valence-corrected chi connectivity index (χ2v) is 10.3. The molecule has 4 rings (SSSR count). The van der Waals surface area contributed by atoms with E-state index in [4.69, 9.17) is 9.47 Å². The van der Waals surface area contributed by atoms with Gasteiger partial charge in [-0.15, -0.1) is 0 Å². The molecule has 0 unspecified atom stereocenters. The van der Waals surface area contributed by atoms with Crippen LogP contribution in [0.25, 0.3) is 0 Å². The Labute approximate surface area is 213 Å². The number of allylic oxidation sites excluding steroid dienone is 1. The molecule has 0 atom stereocenters. The number of hydrogen-bond acceptors (Lipinski definition) is 3. The van der Waals surface area contributed by atoms with Gasteiger partial charge in [-0.3, -0.25) is 4.79 Å². The summed E-state index contributed by atoms with van der Waals surface area (Å²) in [5, 5.41) is 0. The molecule has 0 aliphatic heterocycles. The van der Waals surface area contributed by atoms with Gasteiger partial charge in [-0.2, -0.15) is 4.39 Å². The molecule has 5 heteroatoms. The first-order valence-electron chi connectivity index (χ1n) is 13.5. The molecular weight excluding hydrogens is 458 g/mol. The third-order valence-corrected chi connectivity index (χ3v) is 7.86. The van der Waals surface area contributed by atoms with Crippen molar-refractivity contribution < 1.29 is 23.0 Å². The van der Waals surface area contributed by atoms with Crippen molar-refractivity contribution in [1.29, 1.82) is 0 Å². The van der Waals surface area contributed by atoms with Crippen LogP contribution in [-0.4, -0.2) is 12.1 Å². The zero-order valence-electron chi connectivity index (χ0n) is 21.5. The highest BCUT2D eigenvalue weighted by atomic mass is 19.2. The lowest BCUT2D eigenvalue weighted by molar-refractivity contribution is -0.157. The van der Waals surface area contributed by atoms with Crippen LogP contribution >= 0.6 is 0 Å². The van der Waals surface area contributed by atoms with Crippen LogP contribution in [0, 0.1) is 17.6 Å². The maximum atomic E-state index is 14.7. The van der Waals surface area contributed by atoms with Crippen molar-refractivity contribution in [3.05, 3.63) is 77.1 Å². The SMILES string of the molecule is CC=COc1ccc(C2CCC(OC(=O)C3CCC(c4ccc(CCC)cc4)CC3)CC2)c(F)c1F. The minimum absolute atomic E-state index is 0.0328. The van der Waals surface area contributed by atoms with Crippen LogP contribution in [0.3, 0.4) is 0 Å². The van der Waals surface area contributed by atoms with Gasteiger partial charge in [0.2, 0.25) is 5.82 Å². The highest BCUT2D eigenvalue weighted by Crippen LogP contribution is 2.39. The van der Waals surface area contributed by atoms with Gasteiger partial charge >= 0.3 is 5.97 Å². The first-order valence-corrected chi connectivity index (χ1v) is 13.5. The average molecular weight is 497 g/mol. The van der Waals surface area contributed by atoms with E-state index < -0.39 is 11.6 Å². The number of hydrogen-bond donors (Lipinski definition) is 0.